The number of hydrogen-bond donors (Lipinski definition) is 1. The minimum Gasteiger partial charge on any atom is -0.489 e. The van der Waals surface area contributed by atoms with Gasteiger partial charge in [0.15, 0.2) is 5.65 Å². The number of aromatic amines is 1. The highest BCUT2D eigenvalue weighted by Crippen LogP contribution is 2.22. The second-order valence-corrected chi connectivity index (χ2v) is 5.95. The van der Waals surface area contributed by atoms with Crippen LogP contribution in [0.4, 0.5) is 0 Å². The van der Waals surface area contributed by atoms with Crippen LogP contribution >= 0.6 is 11.6 Å². The first kappa shape index (κ1) is 16.4. The van der Waals surface area contributed by atoms with Crippen LogP contribution in [0.25, 0.3) is 11.2 Å². The molecule has 6 nitrogen and oxygen atoms in total. The zero-order chi connectivity index (χ0) is 17.8. The summed E-state index contributed by atoms with van der Waals surface area (Å²) >= 11 is 5.91. The van der Waals surface area contributed by atoms with Crippen molar-refractivity contribution >= 4 is 22.8 Å². The summed E-state index contributed by atoms with van der Waals surface area (Å²) in [7, 11) is 0. The van der Waals surface area contributed by atoms with E-state index in [0.717, 1.165) is 16.9 Å². The minimum atomic E-state index is 0.0968. The zero-order valence-corrected chi connectivity index (χ0v) is 14.5. The molecule has 2 heterocycles. The molecule has 0 unspecified atom stereocenters. The molecule has 2 aromatic carbocycles. The molecule has 4 aromatic rings. The molecule has 0 spiro atoms. The molecule has 0 fully saturated rings. The molecule has 0 saturated heterocycles. The summed E-state index contributed by atoms with van der Waals surface area (Å²) in [5, 5.41) is 0.0968. The molecular weight excluding hydrogens is 352 g/mol. The van der Waals surface area contributed by atoms with Crippen molar-refractivity contribution in [3.63, 3.8) is 0 Å². The minimum absolute atomic E-state index is 0.0968. The molecular formula is C19H15ClN4O2. The largest absolute Gasteiger partial charge is 0.489 e. The molecule has 7 heteroatoms. The van der Waals surface area contributed by atoms with Gasteiger partial charge in [-0.1, -0.05) is 42.5 Å². The van der Waals surface area contributed by atoms with E-state index in [9.17, 15) is 0 Å². The lowest BCUT2D eigenvalue weighted by Crippen LogP contribution is -2.00. The van der Waals surface area contributed by atoms with Crippen molar-refractivity contribution in [3.8, 4) is 11.6 Å². The van der Waals surface area contributed by atoms with Gasteiger partial charge in [0.25, 0.3) is 0 Å². The number of halogens is 1. The fourth-order valence-corrected chi connectivity index (χ4v) is 2.66. The van der Waals surface area contributed by atoms with Gasteiger partial charge in [0.1, 0.15) is 24.5 Å². The van der Waals surface area contributed by atoms with E-state index in [1.165, 1.54) is 6.33 Å². The first-order valence-corrected chi connectivity index (χ1v) is 8.41. The van der Waals surface area contributed by atoms with Gasteiger partial charge in [0.05, 0.1) is 6.33 Å². The van der Waals surface area contributed by atoms with Crippen LogP contribution in [0.15, 0.2) is 60.9 Å². The summed E-state index contributed by atoms with van der Waals surface area (Å²) in [6.07, 6.45) is 1.53. The molecule has 0 radical (unpaired) electrons. The quantitative estimate of drug-likeness (QED) is 0.518. The molecule has 1 N–H and O–H groups in total. The predicted molar refractivity (Wildman–Crippen MR) is 98.2 cm³/mol. The van der Waals surface area contributed by atoms with Gasteiger partial charge in [-0.3, -0.25) is 0 Å². The van der Waals surface area contributed by atoms with E-state index < -0.39 is 0 Å². The van der Waals surface area contributed by atoms with Gasteiger partial charge >= 0.3 is 0 Å². The summed E-state index contributed by atoms with van der Waals surface area (Å²) in [5.41, 5.74) is 3.16. The lowest BCUT2D eigenvalue weighted by molar-refractivity contribution is 0.290. The maximum Gasteiger partial charge on any atom is 0.244 e. The number of nitrogens with one attached hydrogen (secondary N) is 1. The predicted octanol–water partition coefficient (Wildman–Crippen LogP) is 4.16. The first-order valence-electron chi connectivity index (χ1n) is 8.03. The Morgan fingerprint density at radius 2 is 1.69 bits per heavy atom. The summed E-state index contributed by atoms with van der Waals surface area (Å²) in [6.45, 7) is 0.839. The van der Waals surface area contributed by atoms with Crippen LogP contribution in [0.1, 0.15) is 11.1 Å². The normalized spacial score (nSPS) is 10.8. The molecule has 0 saturated carbocycles. The van der Waals surface area contributed by atoms with E-state index >= 15 is 0 Å². The third-order valence-corrected chi connectivity index (χ3v) is 3.92. The van der Waals surface area contributed by atoms with Gasteiger partial charge in [-0.2, -0.15) is 9.97 Å². The molecule has 4 rings (SSSR count). The Bertz CT molecular complexity index is 1020. The van der Waals surface area contributed by atoms with Crippen molar-refractivity contribution in [3.05, 3.63) is 77.3 Å². The average Bonchev–Trinajstić information content (AvgIpc) is 3.14. The number of hydrogen-bond acceptors (Lipinski definition) is 5. The van der Waals surface area contributed by atoms with E-state index in [2.05, 4.69) is 19.9 Å². The second-order valence-electron chi connectivity index (χ2n) is 5.61. The van der Waals surface area contributed by atoms with E-state index in [1.54, 1.807) is 0 Å². The smallest absolute Gasteiger partial charge is 0.244 e. The molecule has 2 aromatic heterocycles. The highest BCUT2D eigenvalue weighted by Gasteiger charge is 2.10. The number of rotatable bonds is 6. The Balaban J connectivity index is 1.44. The fraction of sp³-hybridized carbons (Fsp3) is 0.105. The molecule has 0 aliphatic heterocycles. The fourth-order valence-electron chi connectivity index (χ4n) is 2.50. The number of nitrogens with zero attached hydrogens (tertiary/aromatic N) is 3. The van der Waals surface area contributed by atoms with Gasteiger partial charge in [0.2, 0.25) is 11.2 Å². The summed E-state index contributed by atoms with van der Waals surface area (Å²) < 4.78 is 11.6. The van der Waals surface area contributed by atoms with Crippen molar-refractivity contribution in [1.29, 1.82) is 0 Å². The highest BCUT2D eigenvalue weighted by atomic mass is 35.5. The van der Waals surface area contributed by atoms with Crippen molar-refractivity contribution in [2.75, 3.05) is 0 Å². The number of imidazole rings is 1. The van der Waals surface area contributed by atoms with E-state index in [0.29, 0.717) is 30.3 Å². The second kappa shape index (κ2) is 7.41. The van der Waals surface area contributed by atoms with Crippen LogP contribution in [-0.4, -0.2) is 19.9 Å². The molecule has 0 bridgehead atoms. The van der Waals surface area contributed by atoms with Gasteiger partial charge in [-0.15, -0.1) is 0 Å². The Hall–Kier alpha value is -3.12. The van der Waals surface area contributed by atoms with Crippen LogP contribution in [0.3, 0.4) is 0 Å². The number of H-pyrrole nitrogens is 1. The van der Waals surface area contributed by atoms with Gasteiger partial charge in [-0.05, 0) is 34.9 Å². The number of aromatic nitrogens is 4. The average molecular weight is 367 g/mol. The lowest BCUT2D eigenvalue weighted by Gasteiger charge is -2.09. The maximum absolute atomic E-state index is 5.91. The highest BCUT2D eigenvalue weighted by molar-refractivity contribution is 6.28. The number of fused-ring (bicyclic) bond motifs is 1. The Morgan fingerprint density at radius 1 is 0.885 bits per heavy atom. The Kier molecular flexibility index (Phi) is 4.66. The van der Waals surface area contributed by atoms with Gasteiger partial charge in [0, 0.05) is 0 Å². The van der Waals surface area contributed by atoms with Crippen molar-refractivity contribution in [2.45, 2.75) is 13.2 Å². The molecule has 0 aliphatic rings. The van der Waals surface area contributed by atoms with Crippen molar-refractivity contribution < 1.29 is 9.47 Å². The Labute approximate surface area is 154 Å². The third kappa shape index (κ3) is 3.75. The van der Waals surface area contributed by atoms with Crippen LogP contribution in [0.5, 0.6) is 11.6 Å². The van der Waals surface area contributed by atoms with Gasteiger partial charge < -0.3 is 14.5 Å². The van der Waals surface area contributed by atoms with E-state index in [1.807, 2.05) is 54.6 Å². The monoisotopic (exact) mass is 366 g/mol. The molecule has 0 amide bonds. The van der Waals surface area contributed by atoms with Crippen LogP contribution in [0, 0.1) is 0 Å². The molecule has 26 heavy (non-hydrogen) atoms. The summed E-state index contributed by atoms with van der Waals surface area (Å²) in [6, 6.07) is 17.8. The topological polar surface area (TPSA) is 72.9 Å². The van der Waals surface area contributed by atoms with E-state index in [4.69, 9.17) is 21.1 Å². The SMILES string of the molecule is Clc1nc(OCc2cccc(OCc3ccccc3)c2)c2[nH]cnc2n1. The van der Waals surface area contributed by atoms with Crippen LogP contribution < -0.4 is 9.47 Å². The standard InChI is InChI=1S/C19H15ClN4O2/c20-19-23-17-16(21-12-22-17)18(24-19)26-11-14-7-4-8-15(9-14)25-10-13-5-2-1-3-6-13/h1-9,12H,10-11H2,(H,21,22,23,24). The summed E-state index contributed by atoms with van der Waals surface area (Å²) in [5.74, 6) is 1.15. The molecule has 0 aliphatic carbocycles. The maximum atomic E-state index is 5.91. The first-order chi connectivity index (χ1) is 12.8. The van der Waals surface area contributed by atoms with Crippen molar-refractivity contribution in [2.24, 2.45) is 0 Å². The third-order valence-electron chi connectivity index (χ3n) is 3.75. The van der Waals surface area contributed by atoms with Crippen LogP contribution in [0.2, 0.25) is 5.28 Å². The number of ether oxygens (including phenoxy) is 2. The molecule has 0 atom stereocenters. The zero-order valence-electron chi connectivity index (χ0n) is 13.7. The van der Waals surface area contributed by atoms with Gasteiger partial charge in [-0.25, -0.2) is 4.98 Å². The summed E-state index contributed by atoms with van der Waals surface area (Å²) in [4.78, 5) is 15.2. The molecule has 130 valence electrons. The lowest BCUT2D eigenvalue weighted by atomic mass is 10.2. The number of benzene rings is 2. The van der Waals surface area contributed by atoms with E-state index in [-0.39, 0.29) is 5.28 Å². The Morgan fingerprint density at radius 3 is 2.58 bits per heavy atom. The van der Waals surface area contributed by atoms with Crippen LogP contribution in [-0.2, 0) is 13.2 Å². The van der Waals surface area contributed by atoms with Crippen molar-refractivity contribution in [1.82, 2.24) is 19.9 Å².